The molecule has 0 aromatic carbocycles. The second-order valence-electron chi connectivity index (χ2n) is 3.73. The Morgan fingerprint density at radius 3 is 2.83 bits per heavy atom. The molecular weight excluding hydrogens is 236 g/mol. The van der Waals surface area contributed by atoms with Gasteiger partial charge in [-0.2, -0.15) is 0 Å². The highest BCUT2D eigenvalue weighted by Gasteiger charge is 2.19. The molecule has 1 heterocycles. The van der Waals surface area contributed by atoms with Crippen LogP contribution in [0.1, 0.15) is 19.4 Å². The molecule has 0 saturated heterocycles. The van der Waals surface area contributed by atoms with E-state index >= 15 is 0 Å². The Kier molecular flexibility index (Phi) is 5.10. The Morgan fingerprint density at radius 2 is 2.28 bits per heavy atom. The number of amides is 1. The number of rotatable bonds is 6. The van der Waals surface area contributed by atoms with Crippen LogP contribution in [0.25, 0.3) is 0 Å². The second kappa shape index (κ2) is 6.58. The highest BCUT2D eigenvalue weighted by Crippen LogP contribution is 2.11. The summed E-state index contributed by atoms with van der Waals surface area (Å²) in [6, 6.07) is 2.42. The summed E-state index contributed by atoms with van der Waals surface area (Å²) < 4.78 is 5.22. The molecule has 1 aromatic heterocycles. The maximum atomic E-state index is 11.0. The first-order valence-electron chi connectivity index (χ1n) is 5.60. The van der Waals surface area contributed by atoms with Crippen LogP contribution in [0.4, 0.5) is 0 Å². The molecule has 0 aliphatic rings. The van der Waals surface area contributed by atoms with Gasteiger partial charge in [-0.15, -0.1) is 0 Å². The van der Waals surface area contributed by atoms with Gasteiger partial charge in [-0.05, 0) is 18.6 Å². The van der Waals surface area contributed by atoms with Gasteiger partial charge in [0, 0.05) is 25.6 Å². The van der Waals surface area contributed by atoms with E-state index in [1.807, 2.05) is 6.92 Å². The zero-order valence-electron chi connectivity index (χ0n) is 10.3. The van der Waals surface area contributed by atoms with Crippen molar-refractivity contribution in [2.24, 2.45) is 0 Å². The van der Waals surface area contributed by atoms with Gasteiger partial charge < -0.3 is 15.2 Å². The molecule has 0 fully saturated rings. The van der Waals surface area contributed by atoms with Gasteiger partial charge in [0.25, 0.3) is 0 Å². The van der Waals surface area contributed by atoms with Crippen LogP contribution in [0.2, 0.25) is 0 Å². The Balaban J connectivity index is 2.76. The van der Waals surface area contributed by atoms with Crippen LogP contribution in [0, 0.1) is 0 Å². The van der Waals surface area contributed by atoms with E-state index in [1.54, 1.807) is 18.3 Å². The van der Waals surface area contributed by atoms with E-state index in [0.29, 0.717) is 12.5 Å². The van der Waals surface area contributed by atoms with Crippen molar-refractivity contribution < 1.29 is 19.4 Å². The minimum atomic E-state index is -1.07. The van der Waals surface area contributed by atoms with Gasteiger partial charge in [0.15, 0.2) is 0 Å². The van der Waals surface area contributed by atoms with Gasteiger partial charge in [0.1, 0.15) is 6.04 Å². The lowest BCUT2D eigenvalue weighted by atomic mass is 10.1. The number of aliphatic carboxylic acids is 1. The molecule has 18 heavy (non-hydrogen) atoms. The number of hydrogen-bond acceptors (Lipinski definition) is 4. The third-order valence-corrected chi connectivity index (χ3v) is 2.21. The third-order valence-electron chi connectivity index (χ3n) is 2.21. The van der Waals surface area contributed by atoms with Crippen molar-refractivity contribution in [1.82, 2.24) is 10.3 Å². The minimum Gasteiger partial charge on any atom is -0.480 e. The van der Waals surface area contributed by atoms with Gasteiger partial charge in [-0.3, -0.25) is 4.79 Å². The average molecular weight is 252 g/mol. The fraction of sp³-hybridized carbons (Fsp3) is 0.417. The maximum Gasteiger partial charge on any atom is 0.326 e. The predicted molar refractivity (Wildman–Crippen MR) is 64.4 cm³/mol. The van der Waals surface area contributed by atoms with Crippen molar-refractivity contribution in [3.05, 3.63) is 23.9 Å². The van der Waals surface area contributed by atoms with E-state index in [9.17, 15) is 9.59 Å². The molecule has 1 aromatic rings. The molecule has 0 saturated carbocycles. The second-order valence-corrected chi connectivity index (χ2v) is 3.73. The standard InChI is InChI=1S/C12H16N2O4/c1-3-18-11-7-9(4-5-13-11)6-10(12(16)17)14-8(2)15/h4-5,7,10H,3,6H2,1-2H3,(H,14,15)(H,16,17). The number of carbonyl (C=O) groups is 2. The molecule has 1 atom stereocenters. The number of carboxylic acids is 1. The molecular formula is C12H16N2O4. The van der Waals surface area contributed by atoms with Crippen molar-refractivity contribution in [1.29, 1.82) is 0 Å². The summed E-state index contributed by atoms with van der Waals surface area (Å²) in [6.07, 6.45) is 1.74. The first-order valence-corrected chi connectivity index (χ1v) is 5.60. The molecule has 1 amide bonds. The van der Waals surface area contributed by atoms with Gasteiger partial charge in [0.2, 0.25) is 11.8 Å². The molecule has 0 spiro atoms. The van der Waals surface area contributed by atoms with Crippen LogP contribution in [0.5, 0.6) is 5.88 Å². The summed E-state index contributed by atoms with van der Waals surface area (Å²) in [7, 11) is 0. The first kappa shape index (κ1) is 14.0. The Hall–Kier alpha value is -2.11. The Morgan fingerprint density at radius 1 is 1.56 bits per heavy atom. The van der Waals surface area contributed by atoms with Crippen molar-refractivity contribution in [3.8, 4) is 5.88 Å². The first-order chi connectivity index (χ1) is 8.52. The SMILES string of the molecule is CCOc1cc(CC(NC(C)=O)C(=O)O)ccn1. The monoisotopic (exact) mass is 252 g/mol. The fourth-order valence-corrected chi connectivity index (χ4v) is 1.49. The van der Waals surface area contributed by atoms with Crippen LogP contribution in [0.15, 0.2) is 18.3 Å². The molecule has 0 radical (unpaired) electrons. The summed E-state index contributed by atoms with van der Waals surface area (Å²) in [5.74, 6) is -0.997. The van der Waals surface area contributed by atoms with E-state index in [1.165, 1.54) is 6.92 Å². The average Bonchev–Trinajstić information content (AvgIpc) is 2.28. The number of ether oxygens (including phenoxy) is 1. The summed E-state index contributed by atoms with van der Waals surface area (Å²) in [5, 5.41) is 11.4. The summed E-state index contributed by atoms with van der Waals surface area (Å²) in [6.45, 7) is 3.62. The molecule has 1 unspecified atom stereocenters. The van der Waals surface area contributed by atoms with Gasteiger partial charge in [-0.1, -0.05) is 0 Å². The molecule has 98 valence electrons. The number of carboxylic acid groups (broad SMARTS) is 1. The van der Waals surface area contributed by atoms with Crippen LogP contribution < -0.4 is 10.1 Å². The lowest BCUT2D eigenvalue weighted by Gasteiger charge is -2.13. The zero-order valence-corrected chi connectivity index (χ0v) is 10.3. The Bertz CT molecular complexity index is 434. The molecule has 2 N–H and O–H groups in total. The van der Waals surface area contributed by atoms with E-state index in [2.05, 4.69) is 10.3 Å². The topological polar surface area (TPSA) is 88.5 Å². The molecule has 6 nitrogen and oxygen atoms in total. The summed E-state index contributed by atoms with van der Waals surface area (Å²) in [4.78, 5) is 25.9. The smallest absolute Gasteiger partial charge is 0.326 e. The molecule has 6 heteroatoms. The van der Waals surface area contributed by atoms with E-state index < -0.39 is 12.0 Å². The Labute approximate surface area is 105 Å². The van der Waals surface area contributed by atoms with E-state index in [4.69, 9.17) is 9.84 Å². The quantitative estimate of drug-likeness (QED) is 0.774. The van der Waals surface area contributed by atoms with Crippen molar-refractivity contribution >= 4 is 11.9 Å². The lowest BCUT2D eigenvalue weighted by molar-refractivity contribution is -0.141. The van der Waals surface area contributed by atoms with Crippen LogP contribution >= 0.6 is 0 Å². The highest BCUT2D eigenvalue weighted by atomic mass is 16.5. The van der Waals surface area contributed by atoms with Crippen LogP contribution in [-0.2, 0) is 16.0 Å². The lowest BCUT2D eigenvalue weighted by Crippen LogP contribution is -2.41. The highest BCUT2D eigenvalue weighted by molar-refractivity contribution is 5.82. The number of carbonyl (C=O) groups excluding carboxylic acids is 1. The minimum absolute atomic E-state index is 0.192. The maximum absolute atomic E-state index is 11.0. The zero-order chi connectivity index (χ0) is 13.5. The number of aromatic nitrogens is 1. The number of nitrogens with one attached hydrogen (secondary N) is 1. The predicted octanol–water partition coefficient (Wildman–Crippen LogP) is 0.612. The van der Waals surface area contributed by atoms with Crippen LogP contribution in [-0.4, -0.2) is 34.6 Å². The van der Waals surface area contributed by atoms with Crippen molar-refractivity contribution in [2.45, 2.75) is 26.3 Å². The normalized spacial score (nSPS) is 11.7. The van der Waals surface area contributed by atoms with E-state index in [-0.39, 0.29) is 12.3 Å². The van der Waals surface area contributed by atoms with Gasteiger partial charge in [0.05, 0.1) is 6.61 Å². The largest absolute Gasteiger partial charge is 0.480 e. The van der Waals surface area contributed by atoms with Gasteiger partial charge in [-0.25, -0.2) is 9.78 Å². The molecule has 1 rings (SSSR count). The van der Waals surface area contributed by atoms with Crippen LogP contribution in [0.3, 0.4) is 0 Å². The number of hydrogen-bond donors (Lipinski definition) is 2. The molecule has 0 bridgehead atoms. The third kappa shape index (κ3) is 4.40. The van der Waals surface area contributed by atoms with Gasteiger partial charge >= 0.3 is 5.97 Å². The van der Waals surface area contributed by atoms with Crippen molar-refractivity contribution in [3.63, 3.8) is 0 Å². The summed E-state index contributed by atoms with van der Waals surface area (Å²) >= 11 is 0. The van der Waals surface area contributed by atoms with Crippen molar-refractivity contribution in [2.75, 3.05) is 6.61 Å². The molecule has 0 aliphatic carbocycles. The molecule has 0 aliphatic heterocycles. The number of pyridine rings is 1. The van der Waals surface area contributed by atoms with E-state index in [0.717, 1.165) is 5.56 Å². The fourth-order valence-electron chi connectivity index (χ4n) is 1.49. The summed E-state index contributed by atoms with van der Waals surface area (Å²) in [5.41, 5.74) is 0.745. The number of nitrogens with zero attached hydrogens (tertiary/aromatic N) is 1.